The Morgan fingerprint density at radius 2 is 1.84 bits per heavy atom. The molecule has 4 aliphatic rings. The number of nitrogens with zero attached hydrogens (tertiary/aromatic N) is 1. The highest BCUT2D eigenvalue weighted by molar-refractivity contribution is 5.29. The van der Waals surface area contributed by atoms with Crippen molar-refractivity contribution < 1.29 is 19.0 Å². The number of alkyl halides is 2. The summed E-state index contributed by atoms with van der Waals surface area (Å²) in [6.07, 6.45) is 8.09. The molecule has 3 aliphatic carbocycles. The van der Waals surface area contributed by atoms with Crippen molar-refractivity contribution in [3.05, 3.63) is 35.5 Å². The summed E-state index contributed by atoms with van der Waals surface area (Å²) in [6, 6.07) is 0. The molecular formula is C26H39F2NO2. The van der Waals surface area contributed by atoms with Gasteiger partial charge in [-0.1, -0.05) is 43.7 Å². The summed E-state index contributed by atoms with van der Waals surface area (Å²) < 4.78 is 25.6. The van der Waals surface area contributed by atoms with Gasteiger partial charge in [-0.05, 0) is 73.7 Å². The molecule has 0 amide bonds. The van der Waals surface area contributed by atoms with Crippen LogP contribution in [0.25, 0.3) is 0 Å². The zero-order valence-corrected chi connectivity index (χ0v) is 19.1. The normalized spacial score (nSPS) is 39.6. The zero-order chi connectivity index (χ0) is 22.3. The van der Waals surface area contributed by atoms with Crippen molar-refractivity contribution >= 4 is 0 Å². The fourth-order valence-electron chi connectivity index (χ4n) is 7.09. The molecule has 174 valence electrons. The molecule has 3 nitrogen and oxygen atoms in total. The molecule has 1 unspecified atom stereocenters. The van der Waals surface area contributed by atoms with Gasteiger partial charge in [-0.3, -0.25) is 0 Å². The van der Waals surface area contributed by atoms with Crippen LogP contribution in [0.3, 0.4) is 0 Å². The number of likely N-dealkylation sites (tertiary alicyclic amines) is 1. The quantitative estimate of drug-likeness (QED) is 0.600. The van der Waals surface area contributed by atoms with Crippen molar-refractivity contribution in [2.75, 3.05) is 19.6 Å². The van der Waals surface area contributed by atoms with E-state index in [9.17, 15) is 19.0 Å². The standard InChI is InChI=1S/C26H39F2NO2/c1-16(13-29-14-20(15-29)25(27)28)21-8-9-22-19(5-4-10-26(21,22)3)7-6-18-11-23(30)17(2)24(31)12-18/h6-7,16,20-25,30-31H,2,4-5,8-15H2,1,3H3/t16?,21-,22+,23-,24-,26-/m1/s1. The van der Waals surface area contributed by atoms with E-state index in [2.05, 4.69) is 37.5 Å². The van der Waals surface area contributed by atoms with Crippen LogP contribution in [0.1, 0.15) is 58.8 Å². The van der Waals surface area contributed by atoms with E-state index in [-0.39, 0.29) is 5.41 Å². The minimum Gasteiger partial charge on any atom is -0.388 e. The van der Waals surface area contributed by atoms with Crippen LogP contribution in [0.15, 0.2) is 35.5 Å². The third kappa shape index (κ3) is 4.56. The minimum absolute atomic E-state index is 0.287. The van der Waals surface area contributed by atoms with Crippen molar-refractivity contribution in [3.8, 4) is 0 Å². The monoisotopic (exact) mass is 435 g/mol. The maximum absolute atomic E-state index is 12.8. The number of aliphatic hydroxyl groups excluding tert-OH is 2. The summed E-state index contributed by atoms with van der Waals surface area (Å²) in [5.41, 5.74) is 3.44. The van der Waals surface area contributed by atoms with Gasteiger partial charge in [0.05, 0.1) is 12.2 Å². The first-order chi connectivity index (χ1) is 14.7. The molecule has 0 spiro atoms. The minimum atomic E-state index is -2.18. The number of hydrogen-bond donors (Lipinski definition) is 2. The van der Waals surface area contributed by atoms with Gasteiger partial charge in [0.2, 0.25) is 6.43 Å². The summed E-state index contributed by atoms with van der Waals surface area (Å²) in [4.78, 5) is 2.22. The number of aliphatic hydroxyl groups is 2. The highest BCUT2D eigenvalue weighted by Crippen LogP contribution is 2.59. The summed E-state index contributed by atoms with van der Waals surface area (Å²) in [6.45, 7) is 10.6. The number of rotatable bonds is 5. The van der Waals surface area contributed by atoms with Crippen molar-refractivity contribution in [3.63, 3.8) is 0 Å². The lowest BCUT2D eigenvalue weighted by Gasteiger charge is -2.47. The topological polar surface area (TPSA) is 43.7 Å². The fraction of sp³-hybridized carbons (Fsp3) is 0.769. The third-order valence-corrected chi connectivity index (χ3v) is 8.91. The lowest BCUT2D eigenvalue weighted by atomic mass is 9.61. The molecule has 2 N–H and O–H groups in total. The molecule has 0 aromatic rings. The summed E-state index contributed by atoms with van der Waals surface area (Å²) in [5, 5.41) is 20.2. The lowest BCUT2D eigenvalue weighted by molar-refractivity contribution is -0.0381. The highest BCUT2D eigenvalue weighted by atomic mass is 19.3. The van der Waals surface area contributed by atoms with Crippen LogP contribution in [-0.4, -0.2) is 53.4 Å². The second-order valence-electron chi connectivity index (χ2n) is 11.0. The van der Waals surface area contributed by atoms with Crippen molar-refractivity contribution in [2.24, 2.45) is 29.1 Å². The average molecular weight is 436 g/mol. The maximum Gasteiger partial charge on any atom is 0.243 e. The number of hydrogen-bond acceptors (Lipinski definition) is 3. The van der Waals surface area contributed by atoms with Crippen LogP contribution in [0.4, 0.5) is 8.78 Å². The van der Waals surface area contributed by atoms with E-state index < -0.39 is 24.6 Å². The van der Waals surface area contributed by atoms with Gasteiger partial charge < -0.3 is 15.1 Å². The molecule has 0 aromatic carbocycles. The predicted molar refractivity (Wildman–Crippen MR) is 120 cm³/mol. The van der Waals surface area contributed by atoms with Gasteiger partial charge in [-0.25, -0.2) is 8.78 Å². The molecule has 6 atom stereocenters. The van der Waals surface area contributed by atoms with Crippen LogP contribution in [0.2, 0.25) is 0 Å². The Morgan fingerprint density at radius 1 is 1.16 bits per heavy atom. The molecule has 1 aliphatic heterocycles. The first-order valence-corrected chi connectivity index (χ1v) is 12.1. The van der Waals surface area contributed by atoms with Gasteiger partial charge in [-0.2, -0.15) is 0 Å². The summed E-state index contributed by atoms with van der Waals surface area (Å²) >= 11 is 0. The van der Waals surface area contributed by atoms with E-state index in [4.69, 9.17) is 0 Å². The first-order valence-electron chi connectivity index (χ1n) is 12.1. The van der Waals surface area contributed by atoms with Gasteiger partial charge in [0.1, 0.15) is 0 Å². The zero-order valence-electron chi connectivity index (χ0n) is 19.1. The SMILES string of the molecule is C=C1[C@H](O)CC(=CC=C2CCC[C@]3(C)[C@@H](C(C)CN4CC(C(F)F)C4)CC[C@@H]23)C[C@H]1O. The largest absolute Gasteiger partial charge is 0.388 e. The second kappa shape index (κ2) is 9.07. The Kier molecular flexibility index (Phi) is 6.77. The molecule has 31 heavy (non-hydrogen) atoms. The smallest absolute Gasteiger partial charge is 0.243 e. The third-order valence-electron chi connectivity index (χ3n) is 8.91. The number of halogens is 2. The van der Waals surface area contributed by atoms with Gasteiger partial charge in [0, 0.05) is 25.6 Å². The van der Waals surface area contributed by atoms with E-state index >= 15 is 0 Å². The maximum atomic E-state index is 12.8. The van der Waals surface area contributed by atoms with Crippen molar-refractivity contribution in [2.45, 2.75) is 77.4 Å². The summed E-state index contributed by atoms with van der Waals surface area (Å²) in [5.74, 6) is 1.33. The lowest BCUT2D eigenvalue weighted by Crippen LogP contribution is -2.52. The van der Waals surface area contributed by atoms with Crippen LogP contribution in [0, 0.1) is 29.1 Å². The Balaban J connectivity index is 1.41. The molecule has 5 heteroatoms. The molecule has 1 saturated heterocycles. The Morgan fingerprint density at radius 3 is 2.48 bits per heavy atom. The molecule has 1 heterocycles. The van der Waals surface area contributed by atoms with Crippen molar-refractivity contribution in [1.29, 1.82) is 0 Å². The second-order valence-corrected chi connectivity index (χ2v) is 11.0. The van der Waals surface area contributed by atoms with Crippen LogP contribution >= 0.6 is 0 Å². The Bertz CT molecular complexity index is 726. The Labute approximate surface area is 185 Å². The van der Waals surface area contributed by atoms with Gasteiger partial charge in [0.25, 0.3) is 0 Å². The number of fused-ring (bicyclic) bond motifs is 1. The van der Waals surface area contributed by atoms with Gasteiger partial charge in [-0.15, -0.1) is 0 Å². The van der Waals surface area contributed by atoms with Crippen LogP contribution < -0.4 is 0 Å². The average Bonchev–Trinajstić information content (AvgIpc) is 3.03. The first kappa shape index (κ1) is 23.1. The van der Waals surface area contributed by atoms with E-state index in [1.807, 2.05) is 0 Å². The van der Waals surface area contributed by atoms with Crippen LogP contribution in [-0.2, 0) is 0 Å². The van der Waals surface area contributed by atoms with E-state index in [0.29, 0.717) is 49.3 Å². The molecule has 0 bridgehead atoms. The molecule has 0 radical (unpaired) electrons. The molecule has 4 rings (SSSR count). The Hall–Kier alpha value is -1.04. The van der Waals surface area contributed by atoms with Crippen molar-refractivity contribution in [1.82, 2.24) is 4.90 Å². The predicted octanol–water partition coefficient (Wildman–Crippen LogP) is 4.96. The van der Waals surface area contributed by atoms with E-state index in [1.165, 1.54) is 31.3 Å². The molecule has 0 aromatic heterocycles. The van der Waals surface area contributed by atoms with Gasteiger partial charge in [0.15, 0.2) is 0 Å². The molecule has 4 fully saturated rings. The highest BCUT2D eigenvalue weighted by Gasteiger charge is 2.51. The summed E-state index contributed by atoms with van der Waals surface area (Å²) in [7, 11) is 0. The molecule has 3 saturated carbocycles. The molecular weight excluding hydrogens is 396 g/mol. The number of allylic oxidation sites excluding steroid dienone is 3. The van der Waals surface area contributed by atoms with E-state index in [0.717, 1.165) is 18.5 Å². The van der Waals surface area contributed by atoms with Gasteiger partial charge >= 0.3 is 0 Å². The fourth-order valence-corrected chi connectivity index (χ4v) is 7.09. The van der Waals surface area contributed by atoms with Crippen LogP contribution in [0.5, 0.6) is 0 Å². The van der Waals surface area contributed by atoms with E-state index in [1.54, 1.807) is 0 Å².